The molecule has 27 heavy (non-hydrogen) atoms. The highest BCUT2D eigenvalue weighted by molar-refractivity contribution is 5.85. The summed E-state index contributed by atoms with van der Waals surface area (Å²) in [6, 6.07) is 17.2. The van der Waals surface area contributed by atoms with Crippen LogP contribution in [-0.4, -0.2) is 23.1 Å². The van der Waals surface area contributed by atoms with E-state index in [4.69, 9.17) is 9.47 Å². The molecule has 2 aliphatic heterocycles. The van der Waals surface area contributed by atoms with Gasteiger partial charge in [-0.1, -0.05) is 54.6 Å². The molecule has 0 saturated heterocycles. The topological polar surface area (TPSA) is 55.8 Å². The molecule has 5 heteroatoms. The van der Waals surface area contributed by atoms with Gasteiger partial charge in [-0.3, -0.25) is 4.90 Å². The number of hydrogen-bond donors (Lipinski definition) is 0. The van der Waals surface area contributed by atoms with Gasteiger partial charge in [-0.2, -0.15) is 0 Å². The molecule has 0 radical (unpaired) electrons. The molecular weight excluding hydrogens is 342 g/mol. The molecule has 136 valence electrons. The average Bonchev–Trinajstić information content (AvgIpc) is 3.14. The van der Waals surface area contributed by atoms with Gasteiger partial charge in [0.15, 0.2) is 0 Å². The lowest BCUT2D eigenvalue weighted by Crippen LogP contribution is -2.53. The number of nitrogens with zero attached hydrogens (tertiary/aromatic N) is 1. The van der Waals surface area contributed by atoms with Crippen molar-refractivity contribution in [2.75, 3.05) is 0 Å². The number of rotatable bonds is 3. The zero-order chi connectivity index (χ0) is 18.9. The molecule has 5 nitrogen and oxygen atoms in total. The van der Waals surface area contributed by atoms with Gasteiger partial charge in [0.2, 0.25) is 0 Å². The molecule has 0 fully saturated rings. The molecule has 2 aromatic carbocycles. The number of carbonyl (C=O) groups excluding carboxylic acids is 2. The Morgan fingerprint density at radius 1 is 1.11 bits per heavy atom. The van der Waals surface area contributed by atoms with Gasteiger partial charge in [0, 0.05) is 12.3 Å². The van der Waals surface area contributed by atoms with E-state index in [2.05, 4.69) is 0 Å². The average molecular weight is 361 g/mol. The molecule has 2 atom stereocenters. The highest BCUT2D eigenvalue weighted by Gasteiger charge is 2.48. The number of carbonyl (C=O) groups is 2. The van der Waals surface area contributed by atoms with Crippen LogP contribution in [0.1, 0.15) is 23.6 Å². The number of ether oxygens (including phenoxy) is 2. The van der Waals surface area contributed by atoms with Crippen LogP contribution in [0, 0.1) is 0 Å². The Hall–Kier alpha value is -3.34. The van der Waals surface area contributed by atoms with Gasteiger partial charge in [0.05, 0.1) is 0 Å². The normalized spacial score (nSPS) is 23.1. The molecule has 0 bridgehead atoms. The van der Waals surface area contributed by atoms with E-state index in [0.717, 1.165) is 16.7 Å². The van der Waals surface area contributed by atoms with Crippen LogP contribution in [-0.2, 0) is 26.4 Å². The first-order valence-electron chi connectivity index (χ1n) is 8.75. The molecule has 0 aliphatic carbocycles. The maximum Gasteiger partial charge on any atom is 0.415 e. The van der Waals surface area contributed by atoms with E-state index in [0.29, 0.717) is 0 Å². The van der Waals surface area contributed by atoms with Crippen LogP contribution in [0.5, 0.6) is 0 Å². The summed E-state index contributed by atoms with van der Waals surface area (Å²) in [5.41, 5.74) is 1.88. The van der Waals surface area contributed by atoms with E-state index in [1.54, 1.807) is 12.3 Å². The Kier molecular flexibility index (Phi) is 4.28. The first kappa shape index (κ1) is 17.1. The van der Waals surface area contributed by atoms with Crippen molar-refractivity contribution >= 4 is 18.1 Å². The second-order valence-corrected chi connectivity index (χ2v) is 6.68. The predicted octanol–water partition coefficient (Wildman–Crippen LogP) is 4.01. The third kappa shape index (κ3) is 3.01. The van der Waals surface area contributed by atoms with Crippen LogP contribution in [0.4, 0.5) is 4.79 Å². The van der Waals surface area contributed by atoms with Crippen molar-refractivity contribution in [3.8, 4) is 0 Å². The minimum absolute atomic E-state index is 0.169. The summed E-state index contributed by atoms with van der Waals surface area (Å²) < 4.78 is 11.0. The highest BCUT2D eigenvalue weighted by Crippen LogP contribution is 2.41. The van der Waals surface area contributed by atoms with Crippen LogP contribution >= 0.6 is 0 Å². The first-order chi connectivity index (χ1) is 13.1. The smallest absolute Gasteiger partial charge is 0.415 e. The molecule has 0 N–H and O–H groups in total. The monoisotopic (exact) mass is 361 g/mol. The Balaban J connectivity index is 1.65. The second-order valence-electron chi connectivity index (χ2n) is 6.68. The Labute approximate surface area is 157 Å². The lowest BCUT2D eigenvalue weighted by molar-refractivity contribution is -0.143. The minimum atomic E-state index is -0.901. The van der Waals surface area contributed by atoms with Crippen molar-refractivity contribution in [3.63, 3.8) is 0 Å². The number of amides is 1. The summed E-state index contributed by atoms with van der Waals surface area (Å²) >= 11 is 0. The zero-order valence-electron chi connectivity index (χ0n) is 14.9. The van der Waals surface area contributed by atoms with Gasteiger partial charge in [-0.05, 0) is 35.8 Å². The van der Waals surface area contributed by atoms with Crippen molar-refractivity contribution in [1.29, 1.82) is 0 Å². The summed E-state index contributed by atoms with van der Waals surface area (Å²) in [6.45, 7) is 2.05. The van der Waals surface area contributed by atoms with Crippen LogP contribution in [0.3, 0.4) is 0 Å². The molecule has 2 aromatic rings. The summed E-state index contributed by atoms with van der Waals surface area (Å²) in [6.07, 6.45) is 5.54. The van der Waals surface area contributed by atoms with E-state index in [9.17, 15) is 9.59 Å². The fraction of sp³-hybridized carbons (Fsp3) is 0.182. The third-order valence-electron chi connectivity index (χ3n) is 5.02. The molecule has 0 unspecified atom stereocenters. The molecule has 0 aromatic heterocycles. The van der Waals surface area contributed by atoms with Crippen molar-refractivity contribution in [2.24, 2.45) is 0 Å². The molecule has 2 heterocycles. The first-order valence-corrected chi connectivity index (χ1v) is 8.75. The number of benzene rings is 2. The maximum atomic E-state index is 12.9. The quantitative estimate of drug-likeness (QED) is 0.775. The Bertz CT molecular complexity index is 934. The van der Waals surface area contributed by atoms with Gasteiger partial charge in [0.1, 0.15) is 18.2 Å². The summed E-state index contributed by atoms with van der Waals surface area (Å²) in [5, 5.41) is 0. The van der Waals surface area contributed by atoms with Gasteiger partial charge in [-0.15, -0.1) is 0 Å². The molecule has 0 spiro atoms. The summed E-state index contributed by atoms with van der Waals surface area (Å²) in [7, 11) is 0. The molecular formula is C22H19NO4. The van der Waals surface area contributed by atoms with E-state index < -0.39 is 23.7 Å². The van der Waals surface area contributed by atoms with Gasteiger partial charge in [-0.25, -0.2) is 9.59 Å². The third-order valence-corrected chi connectivity index (χ3v) is 5.02. The maximum absolute atomic E-state index is 12.9. The van der Waals surface area contributed by atoms with Gasteiger partial charge >= 0.3 is 12.1 Å². The van der Waals surface area contributed by atoms with Gasteiger partial charge in [0.25, 0.3) is 0 Å². The van der Waals surface area contributed by atoms with Crippen LogP contribution < -0.4 is 0 Å². The number of hydrogen-bond acceptors (Lipinski definition) is 4. The van der Waals surface area contributed by atoms with Crippen LogP contribution in [0.15, 0.2) is 72.9 Å². The molecule has 1 amide bonds. The predicted molar refractivity (Wildman–Crippen MR) is 100 cm³/mol. The fourth-order valence-electron chi connectivity index (χ4n) is 3.54. The summed E-state index contributed by atoms with van der Waals surface area (Å²) in [4.78, 5) is 26.1. The van der Waals surface area contributed by atoms with E-state index in [1.807, 2.05) is 67.6 Å². The number of cyclic esters (lactones) is 1. The number of fused-ring (bicyclic) bond motifs is 1. The SMILES string of the molecule is C[C@]1([C@H]2C=CC(=O)O2)c2ccccc2C=CN1C(=O)OCc1ccccc1. The highest BCUT2D eigenvalue weighted by atomic mass is 16.6. The molecule has 0 saturated carbocycles. The molecule has 2 aliphatic rings. The minimum Gasteiger partial charge on any atom is -0.452 e. The van der Waals surface area contributed by atoms with E-state index >= 15 is 0 Å². The van der Waals surface area contributed by atoms with Crippen molar-refractivity contribution < 1.29 is 19.1 Å². The van der Waals surface area contributed by atoms with E-state index in [-0.39, 0.29) is 6.61 Å². The Morgan fingerprint density at radius 3 is 2.59 bits per heavy atom. The van der Waals surface area contributed by atoms with Crippen molar-refractivity contribution in [1.82, 2.24) is 4.90 Å². The zero-order valence-corrected chi connectivity index (χ0v) is 14.9. The van der Waals surface area contributed by atoms with Crippen LogP contribution in [0.2, 0.25) is 0 Å². The van der Waals surface area contributed by atoms with E-state index in [1.165, 1.54) is 11.0 Å². The second kappa shape index (κ2) is 6.76. The lowest BCUT2D eigenvalue weighted by Gasteiger charge is -2.44. The lowest BCUT2D eigenvalue weighted by atomic mass is 9.80. The van der Waals surface area contributed by atoms with Crippen molar-refractivity contribution in [3.05, 3.63) is 89.6 Å². The standard InChI is InChI=1S/C22H19NO4/c1-22(19-11-12-20(24)27-19)18-10-6-5-9-17(18)13-14-23(22)21(25)26-15-16-7-3-2-4-8-16/h2-14,19H,15H2,1H3/t19-,22-/m1/s1. The van der Waals surface area contributed by atoms with Crippen molar-refractivity contribution in [2.45, 2.75) is 25.2 Å². The Morgan fingerprint density at radius 2 is 1.85 bits per heavy atom. The molecule has 4 rings (SSSR count). The number of esters is 1. The van der Waals surface area contributed by atoms with Crippen LogP contribution in [0.25, 0.3) is 6.08 Å². The summed E-state index contributed by atoms with van der Waals surface area (Å²) in [5.74, 6) is -0.411. The van der Waals surface area contributed by atoms with Gasteiger partial charge < -0.3 is 9.47 Å². The largest absolute Gasteiger partial charge is 0.452 e. The fourth-order valence-corrected chi connectivity index (χ4v) is 3.54.